The van der Waals surface area contributed by atoms with Gasteiger partial charge in [0.25, 0.3) is 0 Å². The average molecular weight is 531 g/mol. The minimum atomic E-state index is -0.808. The normalized spacial score (nSPS) is 42.9. The lowest BCUT2D eigenvalue weighted by Crippen LogP contribution is -2.58. The Morgan fingerprint density at radius 2 is 1.34 bits per heavy atom. The average Bonchev–Trinajstić information content (AvgIpc) is 2.95. The maximum Gasteiger partial charge on any atom is 0.303 e. The molecule has 7 atom stereocenters. The number of ketones is 2. The van der Waals surface area contributed by atoms with E-state index in [2.05, 4.69) is 27.4 Å². The quantitative estimate of drug-likeness (QED) is 0.304. The highest BCUT2D eigenvalue weighted by molar-refractivity contribution is 5.87. The number of fused-ring (bicyclic) bond motifs is 2. The first-order valence-electron chi connectivity index (χ1n) is 14.7. The Bertz CT molecular complexity index is 996. The molecule has 0 N–H and O–H groups in total. The lowest BCUT2D eigenvalue weighted by atomic mass is 9.54. The van der Waals surface area contributed by atoms with Gasteiger partial charge in [-0.1, -0.05) is 26.0 Å². The van der Waals surface area contributed by atoms with Gasteiger partial charge in [0.2, 0.25) is 0 Å². The van der Waals surface area contributed by atoms with Gasteiger partial charge in [0, 0.05) is 36.5 Å². The van der Waals surface area contributed by atoms with Gasteiger partial charge >= 0.3 is 5.97 Å². The van der Waals surface area contributed by atoms with Crippen molar-refractivity contribution in [3.63, 3.8) is 0 Å². The van der Waals surface area contributed by atoms with Crippen LogP contribution in [0.2, 0.25) is 0 Å². The summed E-state index contributed by atoms with van der Waals surface area (Å²) in [7, 11) is 0. The third-order valence-electron chi connectivity index (χ3n) is 11.0. The Labute approximate surface area is 229 Å². The molecule has 4 aliphatic rings. The third kappa shape index (κ3) is 5.05. The number of carbonyl (C=O) groups is 3. The molecule has 2 aliphatic heterocycles. The van der Waals surface area contributed by atoms with Gasteiger partial charge in [-0.25, -0.2) is 0 Å². The minimum Gasteiger partial charge on any atom is -0.459 e. The highest BCUT2D eigenvalue weighted by Crippen LogP contribution is 2.58. The second-order valence-electron chi connectivity index (χ2n) is 14.4. The predicted molar refractivity (Wildman–Crippen MR) is 147 cm³/mol. The molecule has 2 heterocycles. The van der Waals surface area contributed by atoms with E-state index in [-0.39, 0.29) is 52.4 Å². The summed E-state index contributed by atoms with van der Waals surface area (Å²) >= 11 is 0. The van der Waals surface area contributed by atoms with Crippen LogP contribution in [0.25, 0.3) is 0 Å². The molecule has 214 valence electrons. The third-order valence-corrected chi connectivity index (χ3v) is 11.0. The van der Waals surface area contributed by atoms with Crippen molar-refractivity contribution in [2.45, 2.75) is 149 Å². The van der Waals surface area contributed by atoms with E-state index in [0.29, 0.717) is 19.3 Å². The first-order chi connectivity index (χ1) is 17.4. The van der Waals surface area contributed by atoms with Gasteiger partial charge in [0.1, 0.15) is 16.8 Å². The molecular formula is C32H50O6. The molecule has 38 heavy (non-hydrogen) atoms. The van der Waals surface area contributed by atoms with E-state index in [1.54, 1.807) is 0 Å². The number of carbonyl (C=O) groups excluding carboxylic acids is 3. The first-order valence-corrected chi connectivity index (χ1v) is 14.7. The molecule has 2 saturated heterocycles. The van der Waals surface area contributed by atoms with Crippen LogP contribution in [0, 0.1) is 22.7 Å². The number of Topliss-reactive ketones (excluding diaryl/α,β-unsaturated/α-hetero) is 2. The standard InChI is InChI=1S/C32H50O6/c1-20-10-13-26-30(7,17-14-24(34)28(3,4)37-26)22(20)11-12-23-31(8)18-15-25(35)29(5,6)38-27(31)16-19-32(23,9)36-21(2)33/h22-23,26-27H,1,10-19H2,2-9H3/t22-,23+,26+,27+,30+,31+,32-/m1/s1. The number of hydrogen-bond donors (Lipinski definition) is 0. The molecule has 0 aromatic rings. The maximum absolute atomic E-state index is 13.0. The zero-order valence-corrected chi connectivity index (χ0v) is 25.0. The Kier molecular flexibility index (Phi) is 7.62. The molecule has 6 heteroatoms. The summed E-state index contributed by atoms with van der Waals surface area (Å²) in [5.41, 5.74) is -1.45. The van der Waals surface area contributed by atoms with Crippen LogP contribution in [0.4, 0.5) is 0 Å². The molecule has 2 saturated carbocycles. The van der Waals surface area contributed by atoms with Gasteiger partial charge in [-0.05, 0) is 91.9 Å². The van der Waals surface area contributed by atoms with Crippen LogP contribution in [0.15, 0.2) is 12.2 Å². The number of allylic oxidation sites excluding steroid dienone is 1. The zero-order valence-electron chi connectivity index (χ0n) is 25.0. The lowest BCUT2D eigenvalue weighted by molar-refractivity contribution is -0.212. The van der Waals surface area contributed by atoms with Crippen molar-refractivity contribution in [2.24, 2.45) is 22.7 Å². The fourth-order valence-corrected chi connectivity index (χ4v) is 8.58. The summed E-state index contributed by atoms with van der Waals surface area (Å²) in [5, 5.41) is 0. The smallest absolute Gasteiger partial charge is 0.303 e. The van der Waals surface area contributed by atoms with Crippen molar-refractivity contribution in [1.29, 1.82) is 0 Å². The Morgan fingerprint density at radius 1 is 0.816 bits per heavy atom. The monoisotopic (exact) mass is 530 g/mol. The Hall–Kier alpha value is -1.53. The summed E-state index contributed by atoms with van der Waals surface area (Å²) in [6.07, 6.45) is 7.39. The van der Waals surface area contributed by atoms with Crippen molar-refractivity contribution in [3.8, 4) is 0 Å². The summed E-state index contributed by atoms with van der Waals surface area (Å²) in [5.74, 6) is 0.280. The SMILES string of the molecule is C=C1CC[C@@H]2OC(C)(C)C(=O)CC[C@@]2(C)[C@@H]1CC[C@H]1[C@]2(C)CCC(=O)C(C)(C)O[C@H]2CC[C@@]1(C)OC(C)=O. The molecule has 4 fully saturated rings. The summed E-state index contributed by atoms with van der Waals surface area (Å²) in [6, 6.07) is 0. The van der Waals surface area contributed by atoms with E-state index in [1.807, 2.05) is 27.7 Å². The summed E-state index contributed by atoms with van der Waals surface area (Å²) in [6.45, 7) is 20.2. The summed E-state index contributed by atoms with van der Waals surface area (Å²) in [4.78, 5) is 38.1. The van der Waals surface area contributed by atoms with Gasteiger partial charge in [-0.15, -0.1) is 0 Å². The van der Waals surface area contributed by atoms with E-state index < -0.39 is 16.8 Å². The number of rotatable bonds is 4. The van der Waals surface area contributed by atoms with E-state index in [0.717, 1.165) is 44.9 Å². The molecule has 0 amide bonds. The molecule has 6 nitrogen and oxygen atoms in total. The predicted octanol–water partition coefficient (Wildman–Crippen LogP) is 6.53. The van der Waals surface area contributed by atoms with Gasteiger partial charge in [-0.3, -0.25) is 14.4 Å². The molecule has 0 aromatic carbocycles. The Morgan fingerprint density at radius 3 is 1.89 bits per heavy atom. The molecule has 2 aliphatic carbocycles. The van der Waals surface area contributed by atoms with Crippen LogP contribution in [-0.4, -0.2) is 46.5 Å². The van der Waals surface area contributed by atoms with Gasteiger partial charge in [-0.2, -0.15) is 0 Å². The van der Waals surface area contributed by atoms with E-state index >= 15 is 0 Å². The molecular weight excluding hydrogens is 480 g/mol. The van der Waals surface area contributed by atoms with E-state index in [1.165, 1.54) is 12.5 Å². The number of ether oxygens (including phenoxy) is 3. The maximum atomic E-state index is 13.0. The zero-order chi connectivity index (χ0) is 28.3. The molecule has 4 rings (SSSR count). The van der Waals surface area contributed by atoms with Gasteiger partial charge < -0.3 is 14.2 Å². The second kappa shape index (κ2) is 9.83. The Balaban J connectivity index is 1.66. The summed E-state index contributed by atoms with van der Waals surface area (Å²) < 4.78 is 19.2. The van der Waals surface area contributed by atoms with Crippen molar-refractivity contribution in [2.75, 3.05) is 0 Å². The molecule has 0 aromatic heterocycles. The second-order valence-corrected chi connectivity index (χ2v) is 14.4. The van der Waals surface area contributed by atoms with Crippen LogP contribution in [-0.2, 0) is 28.6 Å². The fraction of sp³-hybridized carbons (Fsp3) is 0.844. The lowest BCUT2D eigenvalue weighted by Gasteiger charge is -2.56. The van der Waals surface area contributed by atoms with Crippen LogP contribution in [0.3, 0.4) is 0 Å². The molecule has 0 unspecified atom stereocenters. The highest BCUT2D eigenvalue weighted by atomic mass is 16.6. The van der Waals surface area contributed by atoms with Crippen LogP contribution >= 0.6 is 0 Å². The van der Waals surface area contributed by atoms with Crippen LogP contribution < -0.4 is 0 Å². The largest absolute Gasteiger partial charge is 0.459 e. The van der Waals surface area contributed by atoms with Gasteiger partial charge in [0.05, 0.1) is 12.2 Å². The van der Waals surface area contributed by atoms with Crippen LogP contribution in [0.5, 0.6) is 0 Å². The van der Waals surface area contributed by atoms with Crippen molar-refractivity contribution in [3.05, 3.63) is 12.2 Å². The van der Waals surface area contributed by atoms with Crippen molar-refractivity contribution < 1.29 is 28.6 Å². The number of esters is 1. The van der Waals surface area contributed by atoms with E-state index in [4.69, 9.17) is 14.2 Å². The topological polar surface area (TPSA) is 78.9 Å². The van der Waals surface area contributed by atoms with E-state index in [9.17, 15) is 14.4 Å². The number of hydrogen-bond acceptors (Lipinski definition) is 6. The van der Waals surface area contributed by atoms with Crippen molar-refractivity contribution in [1.82, 2.24) is 0 Å². The highest BCUT2D eigenvalue weighted by Gasteiger charge is 2.59. The molecule has 0 spiro atoms. The fourth-order valence-electron chi connectivity index (χ4n) is 8.58. The van der Waals surface area contributed by atoms with Crippen molar-refractivity contribution >= 4 is 17.5 Å². The van der Waals surface area contributed by atoms with Crippen LogP contribution in [0.1, 0.15) is 120 Å². The van der Waals surface area contributed by atoms with Gasteiger partial charge in [0.15, 0.2) is 11.6 Å². The minimum absolute atomic E-state index is 0.00799. The first kappa shape index (κ1) is 29.5. The molecule has 0 radical (unpaired) electrons. The molecule has 0 bridgehead atoms.